The van der Waals surface area contributed by atoms with Gasteiger partial charge in [0.2, 0.25) is 0 Å². The molecule has 0 aromatic carbocycles. The SMILES string of the molecule is CCCNc1cccc(NC2CCC(CCC)CC2)n1. The molecule has 3 heteroatoms. The molecule has 2 rings (SSSR count). The van der Waals surface area contributed by atoms with Gasteiger partial charge in [0, 0.05) is 12.6 Å². The van der Waals surface area contributed by atoms with Crippen molar-refractivity contribution in [2.75, 3.05) is 17.2 Å². The summed E-state index contributed by atoms with van der Waals surface area (Å²) >= 11 is 0. The largest absolute Gasteiger partial charge is 0.370 e. The summed E-state index contributed by atoms with van der Waals surface area (Å²) in [4.78, 5) is 4.64. The molecule has 0 unspecified atom stereocenters. The fraction of sp³-hybridized carbons (Fsp3) is 0.706. The van der Waals surface area contributed by atoms with Crippen molar-refractivity contribution in [1.82, 2.24) is 4.98 Å². The monoisotopic (exact) mass is 275 g/mol. The van der Waals surface area contributed by atoms with Crippen LogP contribution in [0, 0.1) is 5.92 Å². The molecule has 112 valence electrons. The van der Waals surface area contributed by atoms with Gasteiger partial charge in [-0.15, -0.1) is 0 Å². The molecule has 1 aromatic rings. The van der Waals surface area contributed by atoms with Gasteiger partial charge >= 0.3 is 0 Å². The topological polar surface area (TPSA) is 37.0 Å². The molecule has 1 fully saturated rings. The van der Waals surface area contributed by atoms with Gasteiger partial charge in [0.05, 0.1) is 0 Å². The molecular formula is C17H29N3. The standard InChI is InChI=1S/C17H29N3/c1-3-6-14-9-11-15(12-10-14)19-17-8-5-7-16(20-17)18-13-4-2/h5,7-8,14-15H,3-4,6,9-13H2,1-2H3,(H2,18,19,20). The average Bonchev–Trinajstić information content (AvgIpc) is 2.48. The van der Waals surface area contributed by atoms with Crippen molar-refractivity contribution in [2.45, 2.75) is 64.8 Å². The number of hydrogen-bond acceptors (Lipinski definition) is 3. The van der Waals surface area contributed by atoms with Gasteiger partial charge in [-0.05, 0) is 50.2 Å². The summed E-state index contributed by atoms with van der Waals surface area (Å²) in [6, 6.07) is 6.81. The maximum absolute atomic E-state index is 4.64. The molecule has 1 aliphatic rings. The van der Waals surface area contributed by atoms with E-state index < -0.39 is 0 Å². The maximum Gasteiger partial charge on any atom is 0.128 e. The third-order valence-electron chi connectivity index (χ3n) is 4.20. The van der Waals surface area contributed by atoms with Crippen LogP contribution >= 0.6 is 0 Å². The molecule has 1 saturated carbocycles. The molecule has 0 aliphatic heterocycles. The van der Waals surface area contributed by atoms with Crippen molar-refractivity contribution < 1.29 is 0 Å². The molecule has 1 heterocycles. The van der Waals surface area contributed by atoms with E-state index in [-0.39, 0.29) is 0 Å². The number of anilines is 2. The molecule has 1 aromatic heterocycles. The molecule has 0 bridgehead atoms. The van der Waals surface area contributed by atoms with Crippen molar-refractivity contribution in [3.63, 3.8) is 0 Å². The van der Waals surface area contributed by atoms with E-state index in [2.05, 4.69) is 41.6 Å². The second kappa shape index (κ2) is 8.13. The van der Waals surface area contributed by atoms with Crippen LogP contribution < -0.4 is 10.6 Å². The minimum atomic E-state index is 0.608. The summed E-state index contributed by atoms with van der Waals surface area (Å²) < 4.78 is 0. The van der Waals surface area contributed by atoms with Crippen LogP contribution in [0.1, 0.15) is 58.8 Å². The molecule has 0 amide bonds. The molecule has 0 saturated heterocycles. The number of pyridine rings is 1. The Bertz CT molecular complexity index is 384. The van der Waals surface area contributed by atoms with Crippen molar-refractivity contribution in [3.8, 4) is 0 Å². The zero-order chi connectivity index (χ0) is 14.2. The average molecular weight is 275 g/mol. The van der Waals surface area contributed by atoms with E-state index in [1.807, 2.05) is 6.07 Å². The van der Waals surface area contributed by atoms with Crippen molar-refractivity contribution in [3.05, 3.63) is 18.2 Å². The normalized spacial score (nSPS) is 22.5. The van der Waals surface area contributed by atoms with E-state index in [1.54, 1.807) is 0 Å². The summed E-state index contributed by atoms with van der Waals surface area (Å²) in [6.45, 7) is 5.45. The Morgan fingerprint density at radius 3 is 2.50 bits per heavy atom. The van der Waals surface area contributed by atoms with Crippen molar-refractivity contribution in [1.29, 1.82) is 0 Å². The highest BCUT2D eigenvalue weighted by atomic mass is 15.1. The van der Waals surface area contributed by atoms with Crippen molar-refractivity contribution >= 4 is 11.6 Å². The Kier molecular flexibility index (Phi) is 6.16. The highest BCUT2D eigenvalue weighted by molar-refractivity contribution is 5.45. The number of hydrogen-bond donors (Lipinski definition) is 2. The third kappa shape index (κ3) is 4.69. The van der Waals surface area contributed by atoms with Crippen LogP contribution in [-0.4, -0.2) is 17.6 Å². The fourth-order valence-corrected chi connectivity index (χ4v) is 3.08. The lowest BCUT2D eigenvalue weighted by molar-refractivity contribution is 0.318. The minimum absolute atomic E-state index is 0.608. The summed E-state index contributed by atoms with van der Waals surface area (Å²) in [5.41, 5.74) is 0. The van der Waals surface area contributed by atoms with Gasteiger partial charge in [0.1, 0.15) is 11.6 Å². The molecule has 3 nitrogen and oxygen atoms in total. The molecule has 2 N–H and O–H groups in total. The zero-order valence-corrected chi connectivity index (χ0v) is 13.0. The van der Waals surface area contributed by atoms with Gasteiger partial charge in [-0.2, -0.15) is 0 Å². The van der Waals surface area contributed by atoms with Crippen LogP contribution in [0.4, 0.5) is 11.6 Å². The molecule has 0 spiro atoms. The van der Waals surface area contributed by atoms with E-state index in [0.29, 0.717) is 6.04 Å². The van der Waals surface area contributed by atoms with Gasteiger partial charge in [-0.1, -0.05) is 32.8 Å². The second-order valence-corrected chi connectivity index (χ2v) is 5.99. The van der Waals surface area contributed by atoms with Gasteiger partial charge in [0.15, 0.2) is 0 Å². The van der Waals surface area contributed by atoms with Crippen LogP contribution in [0.3, 0.4) is 0 Å². The first-order valence-electron chi connectivity index (χ1n) is 8.29. The highest BCUT2D eigenvalue weighted by Crippen LogP contribution is 2.29. The Balaban J connectivity index is 1.81. The van der Waals surface area contributed by atoms with Crippen LogP contribution in [-0.2, 0) is 0 Å². The molecule has 0 radical (unpaired) electrons. The lowest BCUT2D eigenvalue weighted by atomic mass is 9.83. The first-order chi connectivity index (χ1) is 9.81. The van der Waals surface area contributed by atoms with Gasteiger partial charge in [0.25, 0.3) is 0 Å². The van der Waals surface area contributed by atoms with Crippen molar-refractivity contribution in [2.24, 2.45) is 5.92 Å². The smallest absolute Gasteiger partial charge is 0.128 e. The first kappa shape index (κ1) is 15.1. The lowest BCUT2D eigenvalue weighted by Crippen LogP contribution is -2.26. The Hall–Kier alpha value is -1.25. The Morgan fingerprint density at radius 2 is 1.80 bits per heavy atom. The Labute approximate surface area is 123 Å². The zero-order valence-electron chi connectivity index (χ0n) is 13.0. The van der Waals surface area contributed by atoms with Gasteiger partial charge in [-0.3, -0.25) is 0 Å². The number of nitrogens with zero attached hydrogens (tertiary/aromatic N) is 1. The number of rotatable bonds is 7. The quantitative estimate of drug-likeness (QED) is 0.759. The molecule has 1 aliphatic carbocycles. The number of aromatic nitrogens is 1. The Morgan fingerprint density at radius 1 is 1.05 bits per heavy atom. The predicted molar refractivity (Wildman–Crippen MR) is 87.3 cm³/mol. The predicted octanol–water partition coefficient (Wildman–Crippen LogP) is 4.67. The molecule has 0 atom stereocenters. The summed E-state index contributed by atoms with van der Waals surface area (Å²) in [5, 5.41) is 6.95. The van der Waals surface area contributed by atoms with E-state index in [1.165, 1.54) is 38.5 Å². The first-order valence-corrected chi connectivity index (χ1v) is 8.29. The summed E-state index contributed by atoms with van der Waals surface area (Å²) in [7, 11) is 0. The lowest BCUT2D eigenvalue weighted by Gasteiger charge is -2.29. The van der Waals surface area contributed by atoms with E-state index >= 15 is 0 Å². The van der Waals surface area contributed by atoms with Crippen LogP contribution in [0.15, 0.2) is 18.2 Å². The minimum Gasteiger partial charge on any atom is -0.370 e. The van der Waals surface area contributed by atoms with Gasteiger partial charge in [-0.25, -0.2) is 4.98 Å². The van der Waals surface area contributed by atoms with Gasteiger partial charge < -0.3 is 10.6 Å². The second-order valence-electron chi connectivity index (χ2n) is 5.99. The maximum atomic E-state index is 4.64. The summed E-state index contributed by atoms with van der Waals surface area (Å²) in [6.07, 6.45) is 9.19. The highest BCUT2D eigenvalue weighted by Gasteiger charge is 2.20. The third-order valence-corrected chi connectivity index (χ3v) is 4.20. The number of nitrogens with one attached hydrogen (secondary N) is 2. The molecular weight excluding hydrogens is 246 g/mol. The fourth-order valence-electron chi connectivity index (χ4n) is 3.08. The summed E-state index contributed by atoms with van der Waals surface area (Å²) in [5.74, 6) is 2.96. The van der Waals surface area contributed by atoms with E-state index in [4.69, 9.17) is 0 Å². The van der Waals surface area contributed by atoms with E-state index in [9.17, 15) is 0 Å². The van der Waals surface area contributed by atoms with Crippen LogP contribution in [0.5, 0.6) is 0 Å². The van der Waals surface area contributed by atoms with Crippen LogP contribution in [0.25, 0.3) is 0 Å². The van der Waals surface area contributed by atoms with Crippen LogP contribution in [0.2, 0.25) is 0 Å². The molecule has 20 heavy (non-hydrogen) atoms. The van der Waals surface area contributed by atoms with E-state index in [0.717, 1.165) is 30.5 Å².